The number of aromatic nitrogens is 2. The molecule has 4 saturated heterocycles. The van der Waals surface area contributed by atoms with E-state index in [2.05, 4.69) is 65.9 Å². The van der Waals surface area contributed by atoms with Gasteiger partial charge in [0, 0.05) is 75.8 Å². The molecule has 6 aliphatic rings. The van der Waals surface area contributed by atoms with Crippen LogP contribution in [0, 0.1) is 17.8 Å². The second-order valence-corrected chi connectivity index (χ2v) is 26.8. The van der Waals surface area contributed by atoms with Crippen molar-refractivity contribution in [3.63, 3.8) is 0 Å². The molecule has 14 N–H and O–H groups in total. The maximum Gasteiger partial charge on any atom is 0.248 e. The number of carbonyl (C=O) groups excluding carboxylic acids is 6. The Kier molecular flexibility index (Phi) is 23.1. The molecule has 13 atom stereocenters. The van der Waals surface area contributed by atoms with Crippen molar-refractivity contribution in [2.45, 2.75) is 195 Å². The molecule has 2 aliphatic carbocycles. The number of phenolic OH excluding ortho intramolecular Hbond substituents is 1. The number of hydrogen-bond donors (Lipinski definition) is 13. The maximum atomic E-state index is 14.7. The standard InChI is InChI=1S/C63H93N11O15S/c1-34-32-74-53(54(34)81)58(85)66-31-42(76)28-44(65-30-36-10-13-38(14-11-36)59-70-71-60(90-59)39-15-17-41(18-16-39)72-24-21-63(89-4,22-25-72)40-8-6-5-7-9-40)55(82)67-50(35(2)75)61(86)73-33-43(77)29-45(73)56(83)68-51(57(84)69-52(62(74)87)47(79)20-23-64)48(80)26-37-12-19-46(78)49(27-37)88-3/h12,15-19,27,34-36,38,40,42-45,47-48,50-54,65,75-81H,5-11,13-14,20-26,28-33,64H2,1-4H3,(H,66,85)(H,67,82)(H,68,83)(H,69,84)/t34-,35+,36?,38?,42+,43+,44-,45-,47+,48+,50-,51-,52-,53-,54-/m0/s1. The van der Waals surface area contributed by atoms with Crippen LogP contribution < -0.4 is 42.0 Å². The number of anilines is 1. The average molecular weight is 1280 g/mol. The van der Waals surface area contributed by atoms with Gasteiger partial charge in [0.25, 0.3) is 0 Å². The number of ether oxygens (including phenoxy) is 2. The van der Waals surface area contributed by atoms with Crippen LogP contribution in [0.4, 0.5) is 5.69 Å². The van der Waals surface area contributed by atoms with E-state index in [0.717, 1.165) is 77.0 Å². The smallest absolute Gasteiger partial charge is 0.248 e. The van der Waals surface area contributed by atoms with Gasteiger partial charge >= 0.3 is 0 Å². The van der Waals surface area contributed by atoms with Crippen LogP contribution in [-0.2, 0) is 39.9 Å². The van der Waals surface area contributed by atoms with Crippen LogP contribution in [0.5, 0.6) is 11.5 Å². The Bertz CT molecular complexity index is 2940. The van der Waals surface area contributed by atoms with Crippen molar-refractivity contribution >= 4 is 52.5 Å². The number of β-amino-alcohol motifs (C(OH)–C–C–N with tert-alkyl or cyclic N) is 1. The Morgan fingerprint density at radius 2 is 1.44 bits per heavy atom. The molecule has 3 aromatic rings. The quantitative estimate of drug-likeness (QED) is 0.0892. The van der Waals surface area contributed by atoms with Gasteiger partial charge in [-0.3, -0.25) is 28.8 Å². The fourth-order valence-corrected chi connectivity index (χ4v) is 15.3. The predicted octanol–water partition coefficient (Wildman–Crippen LogP) is -0.0841. The Hall–Kier alpha value is -6.14. The van der Waals surface area contributed by atoms with Gasteiger partial charge in [0.2, 0.25) is 35.4 Å². The molecular formula is C63H93N11O15S. The van der Waals surface area contributed by atoms with Crippen LogP contribution in [-0.4, -0.2) is 230 Å². The lowest BCUT2D eigenvalue weighted by molar-refractivity contribution is -0.147. The number of nitrogens with zero attached hydrogens (tertiary/aromatic N) is 5. The molecule has 0 radical (unpaired) electrons. The highest BCUT2D eigenvalue weighted by Gasteiger charge is 2.50. The van der Waals surface area contributed by atoms with Gasteiger partial charge in [-0.2, -0.15) is 0 Å². The Balaban J connectivity index is 0.904. The Morgan fingerprint density at radius 3 is 2.11 bits per heavy atom. The lowest BCUT2D eigenvalue weighted by Gasteiger charge is -2.47. The van der Waals surface area contributed by atoms with Crippen molar-refractivity contribution in [3.05, 3.63) is 53.0 Å². The summed E-state index contributed by atoms with van der Waals surface area (Å²) in [7, 11) is 3.19. The molecule has 5 heterocycles. The Morgan fingerprint density at radius 1 is 0.767 bits per heavy atom. The highest BCUT2D eigenvalue weighted by molar-refractivity contribution is 7.14. The van der Waals surface area contributed by atoms with Crippen molar-refractivity contribution in [2.24, 2.45) is 23.5 Å². The van der Waals surface area contributed by atoms with Gasteiger partial charge in [0.1, 0.15) is 40.2 Å². The van der Waals surface area contributed by atoms with Crippen LogP contribution in [0.15, 0.2) is 42.5 Å². The number of aromatic hydroxyl groups is 1. The Labute approximate surface area is 529 Å². The van der Waals surface area contributed by atoms with Crippen LogP contribution >= 0.6 is 11.3 Å². The number of piperidine rings is 1. The molecule has 6 fully saturated rings. The highest BCUT2D eigenvalue weighted by atomic mass is 32.1. The molecule has 90 heavy (non-hydrogen) atoms. The molecule has 496 valence electrons. The molecule has 6 amide bonds. The van der Waals surface area contributed by atoms with E-state index in [1.54, 1.807) is 18.3 Å². The third kappa shape index (κ3) is 15.8. The number of rotatable bonds is 16. The van der Waals surface area contributed by atoms with Crippen LogP contribution in [0.3, 0.4) is 0 Å². The van der Waals surface area contributed by atoms with Crippen molar-refractivity contribution in [3.8, 4) is 22.1 Å². The molecule has 1 aromatic heterocycles. The van der Waals surface area contributed by atoms with Crippen LogP contribution in [0.1, 0.15) is 120 Å². The summed E-state index contributed by atoms with van der Waals surface area (Å²) in [5, 5.41) is 103. The first-order valence-corrected chi connectivity index (χ1v) is 32.8. The summed E-state index contributed by atoms with van der Waals surface area (Å²) in [5.74, 6) is -6.10. The lowest BCUT2D eigenvalue weighted by atomic mass is 9.72. The summed E-state index contributed by atoms with van der Waals surface area (Å²) in [4.78, 5) is 91.7. The van der Waals surface area contributed by atoms with E-state index in [1.165, 1.54) is 70.0 Å². The van der Waals surface area contributed by atoms with E-state index < -0.39 is 127 Å². The molecule has 2 aromatic carbocycles. The summed E-state index contributed by atoms with van der Waals surface area (Å²) in [6, 6.07) is 2.65. The highest BCUT2D eigenvalue weighted by Crippen LogP contribution is 2.43. The number of aliphatic hydroxyl groups is 6. The molecular weight excluding hydrogens is 1180 g/mol. The van der Waals surface area contributed by atoms with Gasteiger partial charge in [-0.25, -0.2) is 0 Å². The van der Waals surface area contributed by atoms with Gasteiger partial charge in [0.15, 0.2) is 11.5 Å². The predicted molar refractivity (Wildman–Crippen MR) is 332 cm³/mol. The number of benzene rings is 2. The fraction of sp³-hybridized carbons (Fsp3) is 0.683. The van der Waals surface area contributed by atoms with Crippen molar-refractivity contribution < 1.29 is 74.0 Å². The monoisotopic (exact) mass is 1280 g/mol. The van der Waals surface area contributed by atoms with Crippen LogP contribution in [0.25, 0.3) is 10.6 Å². The van der Waals surface area contributed by atoms with Gasteiger partial charge in [-0.05, 0) is 138 Å². The molecule has 27 heteroatoms. The zero-order valence-corrected chi connectivity index (χ0v) is 52.8. The number of methoxy groups -OCH3 is 2. The van der Waals surface area contributed by atoms with E-state index >= 15 is 0 Å². The first kappa shape index (κ1) is 68.2. The molecule has 0 unspecified atom stereocenters. The normalized spacial score (nSPS) is 30.7. The van der Waals surface area contributed by atoms with Crippen LogP contribution in [0.2, 0.25) is 0 Å². The second-order valence-electron chi connectivity index (χ2n) is 25.8. The SMILES string of the molecule is COc1cc(C[C@@H](O)[C@@H]2NC(=O)[C@@H]3C[C@@H](O)CN3C(=O)[C@H]([C@@H](C)O)NC(=O)[C@@H](NCC3CCC(c4nnc(-c5ccc(N6CCC(OC)(C7CCCCC7)CC6)cc5)s4)CC3)C[C@@H](O)CNC(=O)[C@@H]3[C@@H](O)[C@@H](C)CN3C(=O)[C@H]([C@H](O)CCN)NC2=O)ccc1O. The van der Waals surface area contributed by atoms with E-state index in [-0.39, 0.29) is 74.3 Å². The third-order valence-electron chi connectivity index (χ3n) is 19.7. The molecule has 4 aliphatic heterocycles. The van der Waals surface area contributed by atoms with E-state index in [9.17, 15) is 64.5 Å². The lowest BCUT2D eigenvalue weighted by Crippen LogP contribution is -2.64. The number of nitrogens with two attached hydrogens (primary N) is 1. The first-order valence-electron chi connectivity index (χ1n) is 32.0. The van der Waals surface area contributed by atoms with Gasteiger partial charge in [-0.1, -0.05) is 43.6 Å². The molecule has 0 spiro atoms. The van der Waals surface area contributed by atoms with Gasteiger partial charge < -0.3 is 92.2 Å². The van der Waals surface area contributed by atoms with E-state index in [0.29, 0.717) is 11.5 Å². The minimum absolute atomic E-state index is 0.0218. The van der Waals surface area contributed by atoms with E-state index in [4.69, 9.17) is 15.2 Å². The topological polar surface area (TPSA) is 384 Å². The number of nitrogens with one attached hydrogen (secondary N) is 5. The summed E-state index contributed by atoms with van der Waals surface area (Å²) < 4.78 is 11.5. The van der Waals surface area contributed by atoms with Crippen molar-refractivity contribution in [1.82, 2.24) is 46.6 Å². The number of phenols is 1. The maximum absolute atomic E-state index is 14.7. The second kappa shape index (κ2) is 30.5. The summed E-state index contributed by atoms with van der Waals surface area (Å²) in [6.45, 7) is 3.68. The van der Waals surface area contributed by atoms with Gasteiger partial charge in [-0.15, -0.1) is 10.2 Å². The first-order chi connectivity index (χ1) is 43.1. The van der Waals surface area contributed by atoms with Crippen molar-refractivity contribution in [2.75, 3.05) is 64.9 Å². The zero-order chi connectivity index (χ0) is 64.6. The minimum Gasteiger partial charge on any atom is -0.504 e. The number of fused-ring (bicyclic) bond motifs is 2. The summed E-state index contributed by atoms with van der Waals surface area (Å²) in [6.07, 6.45) is 0.755. The van der Waals surface area contributed by atoms with Gasteiger partial charge in [0.05, 0.1) is 55.4 Å². The largest absolute Gasteiger partial charge is 0.504 e. The minimum atomic E-state index is -1.97. The number of hydrogen-bond acceptors (Lipinski definition) is 21. The fourth-order valence-electron chi connectivity index (χ4n) is 14.3. The number of amides is 6. The summed E-state index contributed by atoms with van der Waals surface area (Å²) in [5.41, 5.74) is 8.27. The number of carbonyl (C=O) groups is 6. The average Bonchev–Trinajstić information content (AvgIpc) is 1.64. The third-order valence-corrected chi connectivity index (χ3v) is 20.9. The van der Waals surface area contributed by atoms with E-state index in [1.807, 2.05) is 7.11 Å². The molecule has 9 rings (SSSR count). The molecule has 26 nitrogen and oxygen atoms in total. The number of aliphatic hydroxyl groups excluding tert-OH is 6. The zero-order valence-electron chi connectivity index (χ0n) is 52.0. The molecule has 2 saturated carbocycles. The molecule has 0 bridgehead atoms. The summed E-state index contributed by atoms with van der Waals surface area (Å²) >= 11 is 1.58. The van der Waals surface area contributed by atoms with Crippen molar-refractivity contribution in [1.29, 1.82) is 0 Å².